The van der Waals surface area contributed by atoms with Crippen molar-refractivity contribution in [3.8, 4) is 0 Å². The van der Waals surface area contributed by atoms with Crippen LogP contribution in [0.3, 0.4) is 0 Å². The largest absolute Gasteiger partial charge is 0.454 e. The molecular formula is C18H17BrN2O5. The van der Waals surface area contributed by atoms with E-state index in [9.17, 15) is 19.7 Å². The Balaban J connectivity index is 1.70. The molecule has 0 unspecified atom stereocenters. The van der Waals surface area contributed by atoms with E-state index >= 15 is 0 Å². The fourth-order valence-corrected chi connectivity index (χ4v) is 3.42. The van der Waals surface area contributed by atoms with Gasteiger partial charge < -0.3 is 9.30 Å². The lowest BCUT2D eigenvalue weighted by molar-refractivity contribution is -0.385. The number of nitro groups is 1. The number of rotatable bonds is 6. The van der Waals surface area contributed by atoms with Crippen molar-refractivity contribution >= 4 is 33.4 Å². The van der Waals surface area contributed by atoms with Gasteiger partial charge in [-0.3, -0.25) is 14.9 Å². The average Bonchev–Trinajstić information content (AvgIpc) is 3.37. The Hall–Kier alpha value is -2.48. The Labute approximate surface area is 158 Å². The highest BCUT2D eigenvalue weighted by Crippen LogP contribution is 2.38. The number of Topliss-reactive ketones (excluding diaryl/α,β-unsaturated/α-hetero) is 1. The van der Waals surface area contributed by atoms with Crippen molar-refractivity contribution in [2.45, 2.75) is 32.7 Å². The Bertz CT molecular complexity index is 915. The van der Waals surface area contributed by atoms with Crippen molar-refractivity contribution in [3.05, 3.63) is 61.4 Å². The molecule has 7 nitrogen and oxygen atoms in total. The molecule has 0 radical (unpaired) electrons. The van der Waals surface area contributed by atoms with Crippen LogP contribution in [0.15, 0.2) is 28.7 Å². The van der Waals surface area contributed by atoms with Crippen LogP contribution in [-0.4, -0.2) is 27.8 Å². The lowest BCUT2D eigenvalue weighted by Gasteiger charge is -2.08. The van der Waals surface area contributed by atoms with Crippen molar-refractivity contribution < 1.29 is 19.2 Å². The van der Waals surface area contributed by atoms with Gasteiger partial charge in [0.2, 0.25) is 5.78 Å². The van der Waals surface area contributed by atoms with Crippen LogP contribution in [0.4, 0.5) is 5.69 Å². The number of nitro benzene ring substituents is 1. The number of benzene rings is 1. The highest BCUT2D eigenvalue weighted by atomic mass is 79.9. The third-order valence-corrected chi connectivity index (χ3v) is 5.08. The first kappa shape index (κ1) is 18.3. The second-order valence-corrected chi connectivity index (χ2v) is 7.16. The number of esters is 1. The molecule has 0 aliphatic heterocycles. The standard InChI is InChI=1S/C18H17BrN2O5/c1-10-7-14(11(2)20(10)13-4-5-13)17(22)9-26-18(23)12-3-6-15(19)16(8-12)21(24)25/h3,6-8,13H,4-5,9H2,1-2H3. The van der Waals surface area contributed by atoms with Gasteiger partial charge in [0.25, 0.3) is 5.69 Å². The predicted molar refractivity (Wildman–Crippen MR) is 97.6 cm³/mol. The van der Waals surface area contributed by atoms with Crippen molar-refractivity contribution in [3.63, 3.8) is 0 Å². The highest BCUT2D eigenvalue weighted by molar-refractivity contribution is 9.10. The Kier molecular flexibility index (Phi) is 4.95. The number of hydrogen-bond donors (Lipinski definition) is 0. The molecule has 0 N–H and O–H groups in total. The van der Waals surface area contributed by atoms with Crippen LogP contribution in [0.5, 0.6) is 0 Å². The van der Waals surface area contributed by atoms with E-state index in [0.29, 0.717) is 11.6 Å². The van der Waals surface area contributed by atoms with E-state index in [-0.39, 0.29) is 21.5 Å². The Morgan fingerprint density at radius 2 is 2.00 bits per heavy atom. The fraction of sp³-hybridized carbons (Fsp3) is 0.333. The van der Waals surface area contributed by atoms with Gasteiger partial charge in [0, 0.05) is 29.1 Å². The molecule has 0 amide bonds. The first-order chi connectivity index (χ1) is 12.3. The molecule has 1 aliphatic rings. The minimum absolute atomic E-state index is 0.0242. The van der Waals surface area contributed by atoms with Crippen molar-refractivity contribution in [2.24, 2.45) is 0 Å². The molecule has 1 heterocycles. The van der Waals surface area contributed by atoms with Gasteiger partial charge in [0.15, 0.2) is 6.61 Å². The maximum atomic E-state index is 12.4. The van der Waals surface area contributed by atoms with Gasteiger partial charge >= 0.3 is 5.97 Å². The Morgan fingerprint density at radius 3 is 2.62 bits per heavy atom. The van der Waals surface area contributed by atoms with E-state index < -0.39 is 17.5 Å². The molecule has 1 saturated carbocycles. The van der Waals surface area contributed by atoms with Crippen LogP contribution in [0.25, 0.3) is 0 Å². The monoisotopic (exact) mass is 420 g/mol. The van der Waals surface area contributed by atoms with Crippen LogP contribution in [0.1, 0.15) is 51.0 Å². The van der Waals surface area contributed by atoms with Crippen LogP contribution >= 0.6 is 15.9 Å². The van der Waals surface area contributed by atoms with Gasteiger partial charge in [-0.2, -0.15) is 0 Å². The first-order valence-corrected chi connectivity index (χ1v) is 8.91. The second kappa shape index (κ2) is 7.03. The third kappa shape index (κ3) is 3.55. The molecule has 2 aromatic rings. The second-order valence-electron chi connectivity index (χ2n) is 6.31. The summed E-state index contributed by atoms with van der Waals surface area (Å²) >= 11 is 3.06. The quantitative estimate of drug-likeness (QED) is 0.303. The molecule has 1 fully saturated rings. The summed E-state index contributed by atoms with van der Waals surface area (Å²) in [5.74, 6) is -1.06. The van der Waals surface area contributed by atoms with E-state index in [0.717, 1.165) is 30.3 Å². The fourth-order valence-electron chi connectivity index (χ4n) is 3.03. The molecule has 0 spiro atoms. The summed E-state index contributed by atoms with van der Waals surface area (Å²) in [6.45, 7) is 3.44. The van der Waals surface area contributed by atoms with Gasteiger partial charge in [-0.25, -0.2) is 4.79 Å². The summed E-state index contributed by atoms with van der Waals surface area (Å²) in [7, 11) is 0. The molecular weight excluding hydrogens is 404 g/mol. The molecule has 0 saturated heterocycles. The summed E-state index contributed by atoms with van der Waals surface area (Å²) < 4.78 is 7.48. The topological polar surface area (TPSA) is 91.4 Å². The number of carbonyl (C=O) groups is 2. The number of aryl methyl sites for hydroxylation is 1. The molecule has 8 heteroatoms. The zero-order valence-corrected chi connectivity index (χ0v) is 15.9. The molecule has 26 heavy (non-hydrogen) atoms. The summed E-state index contributed by atoms with van der Waals surface area (Å²) in [5, 5.41) is 10.9. The molecule has 1 aliphatic carbocycles. The molecule has 136 valence electrons. The number of hydrogen-bond acceptors (Lipinski definition) is 5. The van der Waals surface area contributed by atoms with E-state index in [1.807, 2.05) is 19.9 Å². The van der Waals surface area contributed by atoms with Gasteiger partial charge in [-0.1, -0.05) is 0 Å². The molecule has 0 atom stereocenters. The van der Waals surface area contributed by atoms with Crippen LogP contribution in [0.2, 0.25) is 0 Å². The van der Waals surface area contributed by atoms with Gasteiger partial charge in [0.05, 0.1) is 15.0 Å². The minimum atomic E-state index is -0.773. The van der Waals surface area contributed by atoms with Gasteiger partial charge in [-0.15, -0.1) is 0 Å². The zero-order chi connectivity index (χ0) is 19.0. The van der Waals surface area contributed by atoms with Gasteiger partial charge in [-0.05, 0) is 60.8 Å². The lowest BCUT2D eigenvalue weighted by Crippen LogP contribution is -2.15. The van der Waals surface area contributed by atoms with Crippen LogP contribution in [-0.2, 0) is 4.74 Å². The maximum Gasteiger partial charge on any atom is 0.338 e. The zero-order valence-electron chi connectivity index (χ0n) is 14.3. The Morgan fingerprint density at radius 1 is 1.31 bits per heavy atom. The summed E-state index contributed by atoms with van der Waals surface area (Å²) in [5.41, 5.74) is 2.23. The number of nitrogens with zero attached hydrogens (tertiary/aromatic N) is 2. The molecule has 1 aromatic carbocycles. The molecule has 1 aromatic heterocycles. The smallest absolute Gasteiger partial charge is 0.338 e. The third-order valence-electron chi connectivity index (χ3n) is 4.41. The van der Waals surface area contributed by atoms with Crippen molar-refractivity contribution in [2.75, 3.05) is 6.61 Å². The first-order valence-electron chi connectivity index (χ1n) is 8.12. The maximum absolute atomic E-state index is 12.4. The van der Waals surface area contributed by atoms with E-state index in [1.54, 1.807) is 0 Å². The molecule has 0 bridgehead atoms. The summed E-state index contributed by atoms with van der Waals surface area (Å²) in [6, 6.07) is 6.20. The SMILES string of the molecule is Cc1cc(C(=O)COC(=O)c2ccc(Br)c([N+](=O)[O-])c2)c(C)n1C1CC1. The van der Waals surface area contributed by atoms with Gasteiger partial charge in [0.1, 0.15) is 0 Å². The summed E-state index contributed by atoms with van der Waals surface area (Å²) in [4.78, 5) is 34.9. The highest BCUT2D eigenvalue weighted by Gasteiger charge is 2.28. The van der Waals surface area contributed by atoms with E-state index in [4.69, 9.17) is 4.74 Å². The number of halogens is 1. The van der Waals surface area contributed by atoms with E-state index in [2.05, 4.69) is 20.5 Å². The average molecular weight is 421 g/mol. The number of aromatic nitrogens is 1. The number of ketones is 1. The molecule has 3 rings (SSSR count). The van der Waals surface area contributed by atoms with Crippen LogP contribution in [0, 0.1) is 24.0 Å². The van der Waals surface area contributed by atoms with Crippen LogP contribution < -0.4 is 0 Å². The van der Waals surface area contributed by atoms with E-state index in [1.165, 1.54) is 12.1 Å². The summed E-state index contributed by atoms with van der Waals surface area (Å²) in [6.07, 6.45) is 2.22. The lowest BCUT2D eigenvalue weighted by atomic mass is 10.1. The normalized spacial score (nSPS) is 13.5. The predicted octanol–water partition coefficient (Wildman–Crippen LogP) is 4.15. The minimum Gasteiger partial charge on any atom is -0.454 e. The van der Waals surface area contributed by atoms with Crippen molar-refractivity contribution in [1.82, 2.24) is 4.57 Å². The van der Waals surface area contributed by atoms with Crippen molar-refractivity contribution in [1.29, 1.82) is 0 Å². The number of ether oxygens (including phenoxy) is 1. The number of carbonyl (C=O) groups excluding carboxylic acids is 2.